The number of nitrogens with zero attached hydrogens (tertiary/aromatic N) is 3. The Morgan fingerprint density at radius 1 is 1.16 bits per heavy atom. The van der Waals surface area contributed by atoms with E-state index in [0.29, 0.717) is 25.1 Å². The maximum atomic E-state index is 12.9. The molecule has 0 bridgehead atoms. The number of benzene rings is 1. The SMILES string of the molecule is NCCN1CCN(Cc2ccc3c(c2)CN(C2CCC(=O)NC2=O)C3=O)C2(CCC2)C1. The van der Waals surface area contributed by atoms with Gasteiger partial charge in [-0.1, -0.05) is 12.1 Å². The molecule has 1 atom stereocenters. The Balaban J connectivity index is 1.29. The third-order valence-electron chi connectivity index (χ3n) is 7.57. The average Bonchev–Trinajstić information content (AvgIpc) is 3.04. The Kier molecular flexibility index (Phi) is 5.32. The zero-order valence-corrected chi connectivity index (χ0v) is 17.9. The lowest BCUT2D eigenvalue weighted by atomic mass is 9.73. The standard InChI is InChI=1S/C23H31N5O3/c24-8-9-26-10-11-27(23(15-26)6-1-7-23)13-16-2-3-18-17(12-16)14-28(22(18)31)19-4-5-20(29)25-21(19)30/h2-3,12,19H,1,4-11,13-15,24H2,(H,25,29,30). The van der Waals surface area contributed by atoms with Crippen molar-refractivity contribution in [2.75, 3.05) is 32.7 Å². The van der Waals surface area contributed by atoms with Crippen LogP contribution in [-0.2, 0) is 22.7 Å². The van der Waals surface area contributed by atoms with Crippen LogP contribution in [0, 0.1) is 0 Å². The molecule has 2 saturated heterocycles. The number of rotatable bonds is 5. The van der Waals surface area contributed by atoms with E-state index in [2.05, 4.69) is 27.2 Å². The fourth-order valence-electron chi connectivity index (χ4n) is 5.72. The van der Waals surface area contributed by atoms with Gasteiger partial charge in [0.15, 0.2) is 0 Å². The van der Waals surface area contributed by atoms with Gasteiger partial charge in [0.25, 0.3) is 5.91 Å². The fraction of sp³-hybridized carbons (Fsp3) is 0.609. The highest BCUT2D eigenvalue weighted by Gasteiger charge is 2.46. The number of carbonyl (C=O) groups is 3. The summed E-state index contributed by atoms with van der Waals surface area (Å²) in [4.78, 5) is 43.4. The van der Waals surface area contributed by atoms with Crippen LogP contribution in [0.1, 0.15) is 53.6 Å². The van der Waals surface area contributed by atoms with Crippen LogP contribution < -0.4 is 11.1 Å². The number of carbonyl (C=O) groups excluding carboxylic acids is 3. The zero-order valence-electron chi connectivity index (χ0n) is 17.9. The van der Waals surface area contributed by atoms with Crippen molar-refractivity contribution in [2.45, 2.75) is 56.8 Å². The molecule has 5 rings (SSSR count). The van der Waals surface area contributed by atoms with Crippen molar-refractivity contribution in [3.05, 3.63) is 34.9 Å². The second kappa shape index (κ2) is 8.00. The number of hydrogen-bond donors (Lipinski definition) is 2. The van der Waals surface area contributed by atoms with Crippen molar-refractivity contribution >= 4 is 17.7 Å². The quantitative estimate of drug-likeness (QED) is 0.665. The van der Waals surface area contributed by atoms with E-state index >= 15 is 0 Å². The Bertz CT molecular complexity index is 912. The van der Waals surface area contributed by atoms with Crippen molar-refractivity contribution in [3.8, 4) is 0 Å². The van der Waals surface area contributed by atoms with Gasteiger partial charge < -0.3 is 10.6 Å². The summed E-state index contributed by atoms with van der Waals surface area (Å²) in [6.45, 7) is 6.17. The normalized spacial score (nSPS) is 26.2. The Hall–Kier alpha value is -2.29. The average molecular weight is 426 g/mol. The summed E-state index contributed by atoms with van der Waals surface area (Å²) in [6, 6.07) is 5.55. The number of hydrogen-bond acceptors (Lipinski definition) is 6. The number of imide groups is 1. The van der Waals surface area contributed by atoms with E-state index in [4.69, 9.17) is 5.73 Å². The summed E-state index contributed by atoms with van der Waals surface area (Å²) in [5.41, 5.74) is 8.93. The first-order chi connectivity index (χ1) is 15.0. The lowest BCUT2D eigenvalue weighted by Crippen LogP contribution is -2.65. The van der Waals surface area contributed by atoms with E-state index in [1.807, 2.05) is 6.07 Å². The number of amides is 3. The topological polar surface area (TPSA) is 99.0 Å². The molecule has 1 saturated carbocycles. The van der Waals surface area contributed by atoms with Gasteiger partial charge in [-0.3, -0.25) is 29.5 Å². The molecular weight excluding hydrogens is 394 g/mol. The summed E-state index contributed by atoms with van der Waals surface area (Å²) in [5.74, 6) is -0.731. The molecule has 1 aromatic carbocycles. The summed E-state index contributed by atoms with van der Waals surface area (Å²) in [5, 5.41) is 2.36. The van der Waals surface area contributed by atoms with Crippen LogP contribution in [0.3, 0.4) is 0 Å². The van der Waals surface area contributed by atoms with Crippen molar-refractivity contribution in [1.82, 2.24) is 20.0 Å². The largest absolute Gasteiger partial charge is 0.329 e. The van der Waals surface area contributed by atoms with Crippen molar-refractivity contribution in [2.24, 2.45) is 5.73 Å². The third kappa shape index (κ3) is 3.66. The first-order valence-electron chi connectivity index (χ1n) is 11.4. The van der Waals surface area contributed by atoms with Crippen LogP contribution in [0.4, 0.5) is 0 Å². The van der Waals surface area contributed by atoms with E-state index < -0.39 is 6.04 Å². The van der Waals surface area contributed by atoms with Gasteiger partial charge in [0.2, 0.25) is 11.8 Å². The molecule has 3 amide bonds. The molecule has 8 nitrogen and oxygen atoms in total. The van der Waals surface area contributed by atoms with Crippen LogP contribution >= 0.6 is 0 Å². The summed E-state index contributed by atoms with van der Waals surface area (Å²) < 4.78 is 0. The number of nitrogens with two attached hydrogens (primary N) is 1. The van der Waals surface area contributed by atoms with Gasteiger partial charge in [0.1, 0.15) is 6.04 Å². The minimum atomic E-state index is -0.560. The highest BCUT2D eigenvalue weighted by Crippen LogP contribution is 2.41. The van der Waals surface area contributed by atoms with Crippen molar-refractivity contribution < 1.29 is 14.4 Å². The van der Waals surface area contributed by atoms with E-state index in [9.17, 15) is 14.4 Å². The van der Waals surface area contributed by atoms with Gasteiger partial charge in [0, 0.05) is 63.3 Å². The highest BCUT2D eigenvalue weighted by molar-refractivity contribution is 6.05. The zero-order chi connectivity index (χ0) is 21.6. The van der Waals surface area contributed by atoms with Crippen LogP contribution in [0.25, 0.3) is 0 Å². The highest BCUT2D eigenvalue weighted by atomic mass is 16.2. The molecule has 1 unspecified atom stereocenters. The Labute approximate surface area is 182 Å². The molecular formula is C23H31N5O3. The number of fused-ring (bicyclic) bond motifs is 1. The maximum Gasteiger partial charge on any atom is 0.255 e. The second-order valence-corrected chi connectivity index (χ2v) is 9.46. The summed E-state index contributed by atoms with van der Waals surface area (Å²) >= 11 is 0. The predicted octanol–water partition coefficient (Wildman–Crippen LogP) is 0.447. The molecule has 166 valence electrons. The molecule has 0 radical (unpaired) electrons. The minimum Gasteiger partial charge on any atom is -0.329 e. The lowest BCUT2D eigenvalue weighted by molar-refractivity contribution is -0.136. The van der Waals surface area contributed by atoms with Gasteiger partial charge in [-0.2, -0.15) is 0 Å². The predicted molar refractivity (Wildman–Crippen MR) is 115 cm³/mol. The second-order valence-electron chi connectivity index (χ2n) is 9.46. The smallest absolute Gasteiger partial charge is 0.255 e. The summed E-state index contributed by atoms with van der Waals surface area (Å²) in [6.07, 6.45) is 4.43. The molecule has 3 fully saturated rings. The lowest BCUT2D eigenvalue weighted by Gasteiger charge is -2.56. The number of piperidine rings is 1. The molecule has 0 aromatic heterocycles. The van der Waals surface area contributed by atoms with E-state index in [1.54, 1.807) is 4.90 Å². The Morgan fingerprint density at radius 3 is 2.71 bits per heavy atom. The van der Waals surface area contributed by atoms with Crippen molar-refractivity contribution in [3.63, 3.8) is 0 Å². The van der Waals surface area contributed by atoms with Crippen LogP contribution in [0.15, 0.2) is 18.2 Å². The molecule has 3 heterocycles. The first kappa shape index (κ1) is 20.6. The first-order valence-corrected chi connectivity index (χ1v) is 11.4. The molecule has 3 N–H and O–H groups in total. The molecule has 3 aliphatic heterocycles. The van der Waals surface area contributed by atoms with Gasteiger partial charge in [-0.05, 0) is 42.9 Å². The van der Waals surface area contributed by atoms with E-state index in [-0.39, 0.29) is 29.7 Å². The maximum absolute atomic E-state index is 12.9. The molecule has 31 heavy (non-hydrogen) atoms. The molecule has 1 aliphatic carbocycles. The minimum absolute atomic E-state index is 0.109. The van der Waals surface area contributed by atoms with E-state index in [0.717, 1.165) is 38.3 Å². The van der Waals surface area contributed by atoms with Crippen LogP contribution in [0.5, 0.6) is 0 Å². The van der Waals surface area contributed by atoms with Crippen LogP contribution in [0.2, 0.25) is 0 Å². The molecule has 8 heteroatoms. The Morgan fingerprint density at radius 2 is 2.00 bits per heavy atom. The molecule has 1 aromatic rings. The monoisotopic (exact) mass is 425 g/mol. The molecule has 4 aliphatic rings. The number of piperazine rings is 1. The van der Waals surface area contributed by atoms with Gasteiger partial charge in [0.05, 0.1) is 0 Å². The van der Waals surface area contributed by atoms with Crippen molar-refractivity contribution in [1.29, 1.82) is 0 Å². The molecule has 1 spiro atoms. The van der Waals surface area contributed by atoms with Gasteiger partial charge >= 0.3 is 0 Å². The van der Waals surface area contributed by atoms with Gasteiger partial charge in [-0.25, -0.2) is 0 Å². The van der Waals surface area contributed by atoms with E-state index in [1.165, 1.54) is 24.8 Å². The third-order valence-corrected chi connectivity index (χ3v) is 7.57. The van der Waals surface area contributed by atoms with Crippen LogP contribution in [-0.4, -0.2) is 76.7 Å². The number of nitrogens with one attached hydrogen (secondary N) is 1. The van der Waals surface area contributed by atoms with Gasteiger partial charge in [-0.15, -0.1) is 0 Å². The fourth-order valence-corrected chi connectivity index (χ4v) is 5.72. The summed E-state index contributed by atoms with van der Waals surface area (Å²) in [7, 11) is 0.